The van der Waals surface area contributed by atoms with Gasteiger partial charge < -0.3 is 10.2 Å². The van der Waals surface area contributed by atoms with Gasteiger partial charge in [-0.3, -0.25) is 4.79 Å². The Morgan fingerprint density at radius 2 is 2.11 bits per heavy atom. The molecule has 0 fully saturated rings. The van der Waals surface area contributed by atoms with E-state index in [0.717, 1.165) is 0 Å². The van der Waals surface area contributed by atoms with Gasteiger partial charge >= 0.3 is 0 Å². The van der Waals surface area contributed by atoms with E-state index in [1.807, 2.05) is 0 Å². The minimum atomic E-state index is -1.23. The largest absolute Gasteiger partial charge is 0.393 e. The lowest BCUT2D eigenvalue weighted by Crippen LogP contribution is -2.31. The average molecular weight is 132 g/mol. The first-order valence-corrected chi connectivity index (χ1v) is 2.80. The number of Topliss-reactive ketones (excluding diaryl/α,β-unsaturated/α-hetero) is 1. The molecule has 0 radical (unpaired) electrons. The molecule has 9 heavy (non-hydrogen) atoms. The molecule has 0 aromatic carbocycles. The van der Waals surface area contributed by atoms with Crippen molar-refractivity contribution in [1.29, 1.82) is 0 Å². The molecule has 3 heteroatoms. The lowest BCUT2D eigenvalue weighted by atomic mass is 10.0. The van der Waals surface area contributed by atoms with Crippen molar-refractivity contribution in [3.8, 4) is 0 Å². The molecule has 0 aliphatic heterocycles. The van der Waals surface area contributed by atoms with Gasteiger partial charge in [0.1, 0.15) is 5.78 Å². The summed E-state index contributed by atoms with van der Waals surface area (Å²) in [6, 6.07) is 0. The molecule has 0 aliphatic carbocycles. The molecule has 1 unspecified atom stereocenters. The summed E-state index contributed by atoms with van der Waals surface area (Å²) in [4.78, 5) is 10.3. The van der Waals surface area contributed by atoms with Crippen molar-refractivity contribution in [2.75, 3.05) is 6.61 Å². The normalized spacial score (nSPS) is 16.9. The summed E-state index contributed by atoms with van der Waals surface area (Å²) in [5.41, 5.74) is -1.23. The number of rotatable bonds is 3. The van der Waals surface area contributed by atoms with E-state index in [9.17, 15) is 4.79 Å². The molecule has 0 aromatic rings. The fourth-order valence-electron chi connectivity index (χ4n) is 0.592. The van der Waals surface area contributed by atoms with Crippen LogP contribution in [0.3, 0.4) is 0 Å². The molecule has 1 atom stereocenters. The number of carbonyl (C=O) groups excluding carboxylic acids is 1. The van der Waals surface area contributed by atoms with Gasteiger partial charge in [0.05, 0.1) is 12.2 Å². The Kier molecular flexibility index (Phi) is 2.81. The van der Waals surface area contributed by atoms with Gasteiger partial charge in [-0.25, -0.2) is 0 Å². The number of carbonyl (C=O) groups is 1. The van der Waals surface area contributed by atoms with Crippen molar-refractivity contribution < 1.29 is 15.0 Å². The summed E-state index contributed by atoms with van der Waals surface area (Å²) in [7, 11) is 0. The average Bonchev–Trinajstić information content (AvgIpc) is 1.63. The Labute approximate surface area is 54.3 Å². The first-order valence-electron chi connectivity index (χ1n) is 2.80. The molecular formula is C6H12O3. The summed E-state index contributed by atoms with van der Waals surface area (Å²) in [5.74, 6) is -0.117. The molecule has 0 saturated heterocycles. The molecule has 0 amide bonds. The highest BCUT2D eigenvalue weighted by atomic mass is 16.3. The predicted molar refractivity (Wildman–Crippen MR) is 33.0 cm³/mol. The third-order valence-corrected chi connectivity index (χ3v) is 0.970. The molecule has 0 aliphatic rings. The molecular weight excluding hydrogens is 120 g/mol. The van der Waals surface area contributed by atoms with Gasteiger partial charge in [0.2, 0.25) is 0 Å². The highest BCUT2D eigenvalue weighted by Gasteiger charge is 2.20. The maximum atomic E-state index is 10.3. The van der Waals surface area contributed by atoms with Crippen LogP contribution in [0.4, 0.5) is 0 Å². The van der Waals surface area contributed by atoms with Crippen LogP contribution in [0.5, 0.6) is 0 Å². The summed E-state index contributed by atoms with van der Waals surface area (Å²) in [6.07, 6.45) is 0.0174. The maximum absolute atomic E-state index is 10.3. The highest BCUT2D eigenvalue weighted by Crippen LogP contribution is 2.07. The van der Waals surface area contributed by atoms with E-state index in [2.05, 4.69) is 0 Å². The van der Waals surface area contributed by atoms with Crippen molar-refractivity contribution in [2.45, 2.75) is 25.9 Å². The van der Waals surface area contributed by atoms with E-state index >= 15 is 0 Å². The number of aliphatic hydroxyl groups excluding tert-OH is 1. The Bertz CT molecular complexity index is 107. The van der Waals surface area contributed by atoms with E-state index in [0.29, 0.717) is 0 Å². The zero-order chi connectivity index (χ0) is 7.49. The van der Waals surface area contributed by atoms with Crippen molar-refractivity contribution in [1.82, 2.24) is 0 Å². The molecule has 3 nitrogen and oxygen atoms in total. The third kappa shape index (κ3) is 4.12. The van der Waals surface area contributed by atoms with E-state index in [1.54, 1.807) is 0 Å². The maximum Gasteiger partial charge on any atom is 0.132 e. The Hall–Kier alpha value is -0.410. The Morgan fingerprint density at radius 3 is 2.22 bits per heavy atom. The summed E-state index contributed by atoms with van der Waals surface area (Å²) in [6.45, 7) is 2.44. The lowest BCUT2D eigenvalue weighted by molar-refractivity contribution is -0.122. The number of ketones is 1. The van der Waals surface area contributed by atoms with Gasteiger partial charge in [0.15, 0.2) is 0 Å². The number of hydrogen-bond donors (Lipinski definition) is 2. The predicted octanol–water partition coefficient (Wildman–Crippen LogP) is -0.291. The lowest BCUT2D eigenvalue weighted by Gasteiger charge is -2.17. The van der Waals surface area contributed by atoms with Gasteiger partial charge in [-0.15, -0.1) is 0 Å². The first kappa shape index (κ1) is 8.59. The zero-order valence-corrected chi connectivity index (χ0v) is 5.72. The molecule has 0 aromatic heterocycles. The van der Waals surface area contributed by atoms with Gasteiger partial charge in [-0.2, -0.15) is 0 Å². The second-order valence-electron chi connectivity index (χ2n) is 2.53. The Balaban J connectivity index is 3.71. The van der Waals surface area contributed by atoms with Crippen LogP contribution in [0.25, 0.3) is 0 Å². The van der Waals surface area contributed by atoms with Crippen LogP contribution in [0.1, 0.15) is 20.3 Å². The van der Waals surface area contributed by atoms with Gasteiger partial charge in [-0.05, 0) is 13.8 Å². The molecule has 54 valence electrons. The minimum absolute atomic E-state index is 0.0174. The molecule has 0 heterocycles. The summed E-state index contributed by atoms with van der Waals surface area (Å²) < 4.78 is 0. The SMILES string of the molecule is CC(=O)CC(C)(O)CO. The van der Waals surface area contributed by atoms with Crippen LogP contribution in [0, 0.1) is 0 Å². The molecule has 0 rings (SSSR count). The number of hydrogen-bond acceptors (Lipinski definition) is 3. The smallest absolute Gasteiger partial charge is 0.132 e. The highest BCUT2D eigenvalue weighted by molar-refractivity contribution is 5.76. The van der Waals surface area contributed by atoms with E-state index in [-0.39, 0.29) is 18.8 Å². The van der Waals surface area contributed by atoms with Gasteiger partial charge in [-0.1, -0.05) is 0 Å². The van der Waals surface area contributed by atoms with Crippen molar-refractivity contribution in [2.24, 2.45) is 0 Å². The van der Waals surface area contributed by atoms with Gasteiger partial charge in [0.25, 0.3) is 0 Å². The minimum Gasteiger partial charge on any atom is -0.393 e. The Morgan fingerprint density at radius 1 is 1.67 bits per heavy atom. The molecule has 2 N–H and O–H groups in total. The van der Waals surface area contributed by atoms with Crippen molar-refractivity contribution in [3.63, 3.8) is 0 Å². The summed E-state index contributed by atoms with van der Waals surface area (Å²) >= 11 is 0. The van der Waals surface area contributed by atoms with E-state index in [1.165, 1.54) is 13.8 Å². The second-order valence-corrected chi connectivity index (χ2v) is 2.53. The fraction of sp³-hybridized carbons (Fsp3) is 0.833. The fourth-order valence-corrected chi connectivity index (χ4v) is 0.592. The van der Waals surface area contributed by atoms with Crippen LogP contribution >= 0.6 is 0 Å². The first-order chi connectivity index (χ1) is 3.98. The topological polar surface area (TPSA) is 57.5 Å². The molecule has 0 saturated carbocycles. The van der Waals surface area contributed by atoms with Crippen LogP contribution in [0.2, 0.25) is 0 Å². The molecule has 0 bridgehead atoms. The number of aliphatic hydroxyl groups is 2. The van der Waals surface area contributed by atoms with Crippen LogP contribution in [-0.2, 0) is 4.79 Å². The van der Waals surface area contributed by atoms with E-state index < -0.39 is 5.60 Å². The van der Waals surface area contributed by atoms with Crippen molar-refractivity contribution in [3.05, 3.63) is 0 Å². The monoisotopic (exact) mass is 132 g/mol. The molecule has 0 spiro atoms. The third-order valence-electron chi connectivity index (χ3n) is 0.970. The quantitative estimate of drug-likeness (QED) is 0.554. The van der Waals surface area contributed by atoms with Crippen molar-refractivity contribution >= 4 is 5.78 Å². The van der Waals surface area contributed by atoms with Crippen LogP contribution in [-0.4, -0.2) is 28.2 Å². The van der Waals surface area contributed by atoms with Crippen LogP contribution in [0.15, 0.2) is 0 Å². The van der Waals surface area contributed by atoms with E-state index in [4.69, 9.17) is 10.2 Å². The second kappa shape index (κ2) is 2.94. The summed E-state index contributed by atoms with van der Waals surface area (Å²) in [5, 5.41) is 17.5. The zero-order valence-electron chi connectivity index (χ0n) is 5.72. The van der Waals surface area contributed by atoms with Crippen LogP contribution < -0.4 is 0 Å². The van der Waals surface area contributed by atoms with Gasteiger partial charge in [0, 0.05) is 6.42 Å². The standard InChI is InChI=1S/C6H12O3/c1-5(8)3-6(2,9)4-7/h7,9H,3-4H2,1-2H3.